The second kappa shape index (κ2) is 10.6. The first kappa shape index (κ1) is 34.7. The lowest BCUT2D eigenvalue weighted by Crippen LogP contribution is -2.66. The summed E-state index contributed by atoms with van der Waals surface area (Å²) in [7, 11) is -8.76. The van der Waals surface area contributed by atoms with Gasteiger partial charge in [-0.05, 0) is 85.9 Å². The van der Waals surface area contributed by atoms with Crippen molar-refractivity contribution in [3.05, 3.63) is 0 Å². The highest BCUT2D eigenvalue weighted by Gasteiger charge is 2.74. The van der Waals surface area contributed by atoms with Crippen molar-refractivity contribution >= 4 is 32.0 Å². The molecule has 4 saturated carbocycles. The third-order valence-corrected chi connectivity index (χ3v) is 19.8. The van der Waals surface area contributed by atoms with Crippen LogP contribution < -0.4 is 0 Å². The van der Waals surface area contributed by atoms with Crippen LogP contribution in [0.5, 0.6) is 0 Å². The van der Waals surface area contributed by atoms with Gasteiger partial charge in [-0.25, -0.2) is 26.4 Å². The third-order valence-electron chi connectivity index (χ3n) is 15.7. The number of hydrogen-bond donors (Lipinski definition) is 2. The van der Waals surface area contributed by atoms with Crippen molar-refractivity contribution in [1.29, 1.82) is 0 Å². The van der Waals surface area contributed by atoms with Crippen molar-refractivity contribution in [2.45, 2.75) is 116 Å². The second-order valence-electron chi connectivity index (χ2n) is 17.7. The zero-order valence-electron chi connectivity index (χ0n) is 29.1. The third kappa shape index (κ3) is 4.21. The van der Waals surface area contributed by atoms with Gasteiger partial charge in [-0.1, -0.05) is 27.7 Å². The predicted molar refractivity (Wildman–Crippen MR) is 175 cm³/mol. The van der Waals surface area contributed by atoms with Gasteiger partial charge < -0.3 is 24.4 Å². The number of rotatable bonds is 10. The highest BCUT2D eigenvalue weighted by atomic mass is 32.2. The SMILES string of the molecule is CC1(C)C2CC[C@]1(CS(=O)(=O)N1CCC[C@@]1(O[C@@]1(C(=O)O)CCCN1S(=O)(=O)C[C@]13CCC([C@@H]4CCO[C@@H]41)C3(C)C)C(=O)O)[C@H]1OCC[C@@H]21. The minimum absolute atomic E-state index is 0.120. The van der Waals surface area contributed by atoms with E-state index in [1.54, 1.807) is 0 Å². The summed E-state index contributed by atoms with van der Waals surface area (Å²) in [5, 5.41) is 21.7. The fourth-order valence-corrected chi connectivity index (χ4v) is 18.5. The topological polar surface area (TPSA) is 177 Å². The molecule has 0 aromatic carbocycles. The lowest BCUT2D eigenvalue weighted by Gasteiger charge is -2.46. The highest BCUT2D eigenvalue weighted by Crippen LogP contribution is 2.72. The molecule has 4 heterocycles. The highest BCUT2D eigenvalue weighted by molar-refractivity contribution is 7.89. The van der Waals surface area contributed by atoms with Gasteiger partial charge in [0.15, 0.2) is 0 Å². The van der Waals surface area contributed by atoms with Crippen LogP contribution in [0.4, 0.5) is 0 Å². The van der Waals surface area contributed by atoms with E-state index < -0.39 is 54.3 Å². The lowest BCUT2D eigenvalue weighted by molar-refractivity contribution is -0.238. The normalized spacial score (nSPS) is 46.9. The number of aliphatic carboxylic acids is 2. The van der Waals surface area contributed by atoms with Crippen LogP contribution in [0.3, 0.4) is 0 Å². The molecule has 0 aromatic rings. The summed E-state index contributed by atoms with van der Waals surface area (Å²) in [4.78, 5) is 26.7. The quantitative estimate of drug-likeness (QED) is 0.338. The summed E-state index contributed by atoms with van der Waals surface area (Å²) in [5.74, 6) is -2.88. The average molecular weight is 729 g/mol. The maximum absolute atomic E-state index is 14.6. The summed E-state index contributed by atoms with van der Waals surface area (Å²) in [5.41, 5.74) is -7.38. The molecule has 15 heteroatoms. The van der Waals surface area contributed by atoms with Crippen molar-refractivity contribution in [2.24, 2.45) is 45.3 Å². The van der Waals surface area contributed by atoms with Crippen LogP contribution in [0.2, 0.25) is 0 Å². The number of carbonyl (C=O) groups is 2. The molecule has 4 aliphatic heterocycles. The summed E-state index contributed by atoms with van der Waals surface area (Å²) in [6, 6.07) is 0. The maximum atomic E-state index is 14.6. The molecular formula is C34H52N2O11S2. The van der Waals surface area contributed by atoms with Gasteiger partial charge in [0, 0.05) is 50.0 Å². The molecule has 4 saturated heterocycles. The number of ether oxygens (including phenoxy) is 3. The number of fused-ring (bicyclic) bond motifs is 10. The largest absolute Gasteiger partial charge is 0.478 e. The molecule has 0 radical (unpaired) electrons. The number of carboxylic acid groups (broad SMARTS) is 2. The minimum Gasteiger partial charge on any atom is -0.478 e. The van der Waals surface area contributed by atoms with Gasteiger partial charge in [0.05, 0.1) is 23.7 Å². The molecule has 8 fully saturated rings. The van der Waals surface area contributed by atoms with E-state index >= 15 is 0 Å². The fourth-order valence-electron chi connectivity index (χ4n) is 13.4. The van der Waals surface area contributed by atoms with Crippen molar-refractivity contribution in [3.63, 3.8) is 0 Å². The van der Waals surface area contributed by atoms with Gasteiger partial charge in [0.25, 0.3) is 0 Å². The smallest absolute Gasteiger partial charge is 0.352 e. The van der Waals surface area contributed by atoms with Crippen LogP contribution in [0.1, 0.15) is 91.9 Å². The van der Waals surface area contributed by atoms with Gasteiger partial charge in [0.2, 0.25) is 31.5 Å². The summed E-state index contributed by atoms with van der Waals surface area (Å²) in [6.45, 7) is 9.12. The molecule has 8 rings (SSSR count). The molecule has 10 atom stereocenters. The van der Waals surface area contributed by atoms with Gasteiger partial charge in [-0.15, -0.1) is 0 Å². The van der Waals surface area contributed by atoms with Crippen LogP contribution in [-0.2, 0) is 43.8 Å². The molecule has 2 unspecified atom stereocenters. The lowest BCUT2D eigenvalue weighted by atomic mass is 9.69. The van der Waals surface area contributed by atoms with Crippen LogP contribution in [0, 0.1) is 45.3 Å². The first-order valence-electron chi connectivity index (χ1n) is 18.2. The Morgan fingerprint density at radius 3 is 1.43 bits per heavy atom. The van der Waals surface area contributed by atoms with Gasteiger partial charge in [-0.2, -0.15) is 8.61 Å². The molecule has 8 aliphatic rings. The predicted octanol–water partition coefficient (Wildman–Crippen LogP) is 3.10. The van der Waals surface area contributed by atoms with E-state index in [1.165, 1.54) is 0 Å². The van der Waals surface area contributed by atoms with E-state index in [2.05, 4.69) is 27.7 Å². The Labute approximate surface area is 289 Å². The van der Waals surface area contributed by atoms with Crippen molar-refractivity contribution < 1.29 is 50.8 Å². The summed E-state index contributed by atoms with van der Waals surface area (Å²) in [6.07, 6.45) is 3.87. The number of carboxylic acids is 2. The Kier molecular flexibility index (Phi) is 7.52. The summed E-state index contributed by atoms with van der Waals surface area (Å²) < 4.78 is 78.8. The van der Waals surface area contributed by atoms with Crippen LogP contribution in [0.25, 0.3) is 0 Å². The minimum atomic E-state index is -4.38. The van der Waals surface area contributed by atoms with E-state index in [9.17, 15) is 36.6 Å². The Hall–Kier alpha value is -1.36. The second-order valence-corrected chi connectivity index (χ2v) is 21.5. The molecule has 4 bridgehead atoms. The van der Waals surface area contributed by atoms with E-state index in [1.807, 2.05) is 0 Å². The zero-order chi connectivity index (χ0) is 35.2. The molecular weight excluding hydrogens is 677 g/mol. The van der Waals surface area contributed by atoms with Crippen LogP contribution in [0.15, 0.2) is 0 Å². The molecule has 49 heavy (non-hydrogen) atoms. The van der Waals surface area contributed by atoms with Crippen LogP contribution >= 0.6 is 0 Å². The first-order chi connectivity index (χ1) is 22.8. The molecule has 0 amide bonds. The van der Waals surface area contributed by atoms with E-state index in [0.717, 1.165) is 34.3 Å². The average Bonchev–Trinajstić information content (AvgIpc) is 3.85. The van der Waals surface area contributed by atoms with Crippen molar-refractivity contribution in [2.75, 3.05) is 37.8 Å². The Morgan fingerprint density at radius 1 is 0.673 bits per heavy atom. The molecule has 2 N–H and O–H groups in total. The fraction of sp³-hybridized carbons (Fsp3) is 0.941. The standard InChI is InChI=1S/C34H52N2O11S2/c1-29(2)23-7-13-31(29,25-21(23)9-17-45-25)19-48(41,42)35-15-5-11-33(35,27(37)38)47-34(28(39)40)12-6-16-36(34)49(43,44)20-32-14-8-24(30(32,3)4)22-10-18-46-26(22)32/h21-26H,5-20H2,1-4H3,(H,37,38)(H,39,40)/t21-,22-,23?,24?,25-,26-,31-,32+,33+,34+/m0/s1. The van der Waals surface area contributed by atoms with Gasteiger partial charge >= 0.3 is 11.9 Å². The number of sulfonamides is 2. The zero-order valence-corrected chi connectivity index (χ0v) is 30.7. The van der Waals surface area contributed by atoms with Gasteiger partial charge in [0.1, 0.15) is 0 Å². The Balaban J connectivity index is 1.14. The van der Waals surface area contributed by atoms with Crippen molar-refractivity contribution in [1.82, 2.24) is 8.61 Å². The Bertz CT molecular complexity index is 1550. The molecule has 13 nitrogen and oxygen atoms in total. The van der Waals surface area contributed by atoms with Crippen molar-refractivity contribution in [3.8, 4) is 0 Å². The van der Waals surface area contributed by atoms with Gasteiger partial charge in [-0.3, -0.25) is 0 Å². The molecule has 276 valence electrons. The van der Waals surface area contributed by atoms with E-state index in [0.29, 0.717) is 37.9 Å². The monoisotopic (exact) mass is 728 g/mol. The number of hydrogen-bond acceptors (Lipinski definition) is 9. The molecule has 0 aromatic heterocycles. The van der Waals surface area contributed by atoms with Crippen LogP contribution in [-0.4, -0.2) is 109 Å². The first-order valence-corrected chi connectivity index (χ1v) is 21.5. The number of nitrogens with zero attached hydrogens (tertiary/aromatic N) is 2. The molecule has 4 aliphatic carbocycles. The summed E-state index contributed by atoms with van der Waals surface area (Å²) >= 11 is 0. The van der Waals surface area contributed by atoms with E-state index in [-0.39, 0.29) is 85.2 Å². The Morgan fingerprint density at radius 2 is 1.06 bits per heavy atom. The van der Waals surface area contributed by atoms with E-state index in [4.69, 9.17) is 14.2 Å². The maximum Gasteiger partial charge on any atom is 0.352 e. The molecule has 0 spiro atoms.